The van der Waals surface area contributed by atoms with Gasteiger partial charge in [0.05, 0.1) is 24.1 Å². The third kappa shape index (κ3) is 3.76. The number of hydrogen-bond donors (Lipinski definition) is 1. The topological polar surface area (TPSA) is 58.2 Å². The largest absolute Gasteiger partial charge is 0.375 e. The third-order valence-corrected chi connectivity index (χ3v) is 3.64. The molecule has 0 bridgehead atoms. The maximum absolute atomic E-state index is 12.1. The van der Waals surface area contributed by atoms with Crippen LogP contribution in [0, 0.1) is 0 Å². The van der Waals surface area contributed by atoms with Crippen LogP contribution in [0.15, 0.2) is 59.4 Å². The van der Waals surface area contributed by atoms with E-state index in [1.807, 2.05) is 60.5 Å². The quantitative estimate of drug-likeness (QED) is 0.711. The van der Waals surface area contributed by atoms with E-state index in [2.05, 4.69) is 9.97 Å². The normalized spacial score (nSPS) is 10.8. The van der Waals surface area contributed by atoms with Gasteiger partial charge in [-0.15, -0.1) is 0 Å². The molecule has 1 heterocycles. The summed E-state index contributed by atoms with van der Waals surface area (Å²) in [6, 6.07) is 17.4. The second-order valence-corrected chi connectivity index (χ2v) is 5.37. The molecule has 0 fully saturated rings. The summed E-state index contributed by atoms with van der Waals surface area (Å²) in [5.41, 5.74) is 1.72. The number of aromatic amines is 1. The highest BCUT2D eigenvalue weighted by atomic mass is 16.5. The van der Waals surface area contributed by atoms with E-state index >= 15 is 0 Å². The Kier molecular flexibility index (Phi) is 4.68. The average Bonchev–Trinajstić information content (AvgIpc) is 2.59. The number of rotatable bonds is 6. The summed E-state index contributed by atoms with van der Waals surface area (Å²) in [5.74, 6) is 0.553. The molecule has 0 saturated heterocycles. The van der Waals surface area contributed by atoms with Gasteiger partial charge in [0.25, 0.3) is 5.56 Å². The molecule has 0 spiro atoms. The Hall–Kier alpha value is -2.66. The van der Waals surface area contributed by atoms with Gasteiger partial charge in [0.15, 0.2) is 0 Å². The molecule has 1 aromatic heterocycles. The van der Waals surface area contributed by atoms with Crippen molar-refractivity contribution in [3.8, 4) is 0 Å². The Morgan fingerprint density at radius 3 is 2.65 bits per heavy atom. The average molecular weight is 309 g/mol. The standard InChI is InChI=1S/C18H19N3O2/c1-21(11-12-23-13-14-7-3-2-4-8-14)18-19-16-10-6-5-9-15(16)17(22)20-18/h2-10H,11-13H2,1H3,(H,19,20,22). The van der Waals surface area contributed by atoms with Crippen LogP contribution in [0.25, 0.3) is 10.9 Å². The second-order valence-electron chi connectivity index (χ2n) is 5.37. The number of hydrogen-bond acceptors (Lipinski definition) is 4. The van der Waals surface area contributed by atoms with Gasteiger partial charge in [-0.3, -0.25) is 9.78 Å². The van der Waals surface area contributed by atoms with Crippen molar-refractivity contribution in [2.75, 3.05) is 25.1 Å². The van der Waals surface area contributed by atoms with Crippen LogP contribution in [0.5, 0.6) is 0 Å². The molecule has 23 heavy (non-hydrogen) atoms. The van der Waals surface area contributed by atoms with Crippen LogP contribution in [-0.2, 0) is 11.3 Å². The van der Waals surface area contributed by atoms with Crippen LogP contribution in [0.1, 0.15) is 5.56 Å². The van der Waals surface area contributed by atoms with Crippen LogP contribution >= 0.6 is 0 Å². The molecule has 2 aromatic carbocycles. The third-order valence-electron chi connectivity index (χ3n) is 3.64. The zero-order chi connectivity index (χ0) is 16.1. The first kappa shape index (κ1) is 15.2. The lowest BCUT2D eigenvalue weighted by Gasteiger charge is -2.17. The summed E-state index contributed by atoms with van der Waals surface area (Å²) < 4.78 is 5.67. The zero-order valence-electron chi connectivity index (χ0n) is 13.0. The molecule has 0 aliphatic heterocycles. The van der Waals surface area contributed by atoms with E-state index in [-0.39, 0.29) is 5.56 Å². The number of likely N-dealkylation sites (N-methyl/N-ethyl adjacent to an activating group) is 1. The smallest absolute Gasteiger partial charge is 0.260 e. The fourth-order valence-corrected chi connectivity index (χ4v) is 2.33. The number of fused-ring (bicyclic) bond motifs is 1. The second kappa shape index (κ2) is 7.07. The van der Waals surface area contributed by atoms with E-state index in [1.165, 1.54) is 0 Å². The van der Waals surface area contributed by atoms with Crippen molar-refractivity contribution in [1.29, 1.82) is 0 Å². The van der Waals surface area contributed by atoms with Crippen molar-refractivity contribution in [1.82, 2.24) is 9.97 Å². The molecular weight excluding hydrogens is 290 g/mol. The van der Waals surface area contributed by atoms with Gasteiger partial charge < -0.3 is 9.64 Å². The van der Waals surface area contributed by atoms with Crippen molar-refractivity contribution in [2.24, 2.45) is 0 Å². The SMILES string of the molecule is CN(CCOCc1ccccc1)c1nc2ccccc2c(=O)[nH]1. The molecular formula is C18H19N3O2. The van der Waals surface area contributed by atoms with Gasteiger partial charge in [0.2, 0.25) is 5.95 Å². The van der Waals surface area contributed by atoms with E-state index in [9.17, 15) is 4.79 Å². The van der Waals surface area contributed by atoms with Gasteiger partial charge in [-0.05, 0) is 17.7 Å². The minimum Gasteiger partial charge on any atom is -0.375 e. The predicted octanol–water partition coefficient (Wildman–Crippen LogP) is 2.58. The molecule has 5 nitrogen and oxygen atoms in total. The van der Waals surface area contributed by atoms with Gasteiger partial charge in [0.1, 0.15) is 0 Å². The van der Waals surface area contributed by atoms with Gasteiger partial charge in [-0.2, -0.15) is 0 Å². The molecule has 118 valence electrons. The number of para-hydroxylation sites is 1. The Balaban J connectivity index is 1.60. The highest BCUT2D eigenvalue weighted by Gasteiger charge is 2.07. The maximum atomic E-state index is 12.1. The number of ether oxygens (including phenoxy) is 1. The number of benzene rings is 2. The highest BCUT2D eigenvalue weighted by molar-refractivity contribution is 5.78. The minimum absolute atomic E-state index is 0.123. The molecule has 0 aliphatic carbocycles. The molecule has 3 rings (SSSR count). The Morgan fingerprint density at radius 2 is 1.83 bits per heavy atom. The van der Waals surface area contributed by atoms with Crippen LogP contribution in [-0.4, -0.2) is 30.2 Å². The predicted molar refractivity (Wildman–Crippen MR) is 91.7 cm³/mol. The van der Waals surface area contributed by atoms with E-state index in [0.29, 0.717) is 36.6 Å². The first-order valence-electron chi connectivity index (χ1n) is 7.56. The molecule has 3 aromatic rings. The number of nitrogens with zero attached hydrogens (tertiary/aromatic N) is 2. The summed E-state index contributed by atoms with van der Waals surface area (Å²) in [6.45, 7) is 1.78. The molecule has 5 heteroatoms. The fraction of sp³-hybridized carbons (Fsp3) is 0.222. The summed E-state index contributed by atoms with van der Waals surface area (Å²) in [7, 11) is 1.89. The lowest BCUT2D eigenvalue weighted by Crippen LogP contribution is -2.26. The lowest BCUT2D eigenvalue weighted by molar-refractivity contribution is 0.127. The van der Waals surface area contributed by atoms with Crippen molar-refractivity contribution >= 4 is 16.9 Å². The first-order chi connectivity index (χ1) is 11.2. The van der Waals surface area contributed by atoms with Gasteiger partial charge in [-0.1, -0.05) is 42.5 Å². The Labute approximate surface area is 134 Å². The molecule has 0 saturated carbocycles. The van der Waals surface area contributed by atoms with Crippen molar-refractivity contribution in [3.05, 3.63) is 70.5 Å². The Morgan fingerprint density at radius 1 is 1.09 bits per heavy atom. The molecule has 0 radical (unpaired) electrons. The van der Waals surface area contributed by atoms with Crippen LogP contribution in [0.2, 0.25) is 0 Å². The Bertz CT molecular complexity index is 830. The van der Waals surface area contributed by atoms with Gasteiger partial charge in [0, 0.05) is 13.6 Å². The van der Waals surface area contributed by atoms with Crippen LogP contribution in [0.3, 0.4) is 0 Å². The first-order valence-corrected chi connectivity index (χ1v) is 7.56. The fourth-order valence-electron chi connectivity index (χ4n) is 2.33. The van der Waals surface area contributed by atoms with E-state index in [4.69, 9.17) is 4.74 Å². The number of H-pyrrole nitrogens is 1. The van der Waals surface area contributed by atoms with Crippen molar-refractivity contribution in [2.45, 2.75) is 6.61 Å². The van der Waals surface area contributed by atoms with Crippen LogP contribution < -0.4 is 10.5 Å². The minimum atomic E-state index is -0.123. The molecule has 0 atom stereocenters. The van der Waals surface area contributed by atoms with Gasteiger partial charge in [-0.25, -0.2) is 4.98 Å². The summed E-state index contributed by atoms with van der Waals surface area (Å²) in [5, 5.41) is 0.602. The molecule has 1 N–H and O–H groups in total. The highest BCUT2D eigenvalue weighted by Crippen LogP contribution is 2.10. The number of anilines is 1. The van der Waals surface area contributed by atoms with Crippen LogP contribution in [0.4, 0.5) is 5.95 Å². The van der Waals surface area contributed by atoms with E-state index in [0.717, 1.165) is 5.56 Å². The zero-order valence-corrected chi connectivity index (χ0v) is 13.0. The molecule has 0 amide bonds. The van der Waals surface area contributed by atoms with E-state index in [1.54, 1.807) is 6.07 Å². The lowest BCUT2D eigenvalue weighted by atomic mass is 10.2. The monoisotopic (exact) mass is 309 g/mol. The summed E-state index contributed by atoms with van der Waals surface area (Å²) in [4.78, 5) is 21.3. The summed E-state index contributed by atoms with van der Waals surface area (Å²) in [6.07, 6.45) is 0. The van der Waals surface area contributed by atoms with Crippen molar-refractivity contribution in [3.63, 3.8) is 0 Å². The van der Waals surface area contributed by atoms with Crippen molar-refractivity contribution < 1.29 is 4.74 Å². The summed E-state index contributed by atoms with van der Waals surface area (Å²) >= 11 is 0. The van der Waals surface area contributed by atoms with E-state index < -0.39 is 0 Å². The maximum Gasteiger partial charge on any atom is 0.260 e. The van der Waals surface area contributed by atoms with Gasteiger partial charge >= 0.3 is 0 Å². The number of nitrogens with one attached hydrogen (secondary N) is 1. The molecule has 0 unspecified atom stereocenters. The number of aromatic nitrogens is 2. The molecule has 0 aliphatic rings.